The summed E-state index contributed by atoms with van der Waals surface area (Å²) in [4.78, 5) is 0. The first-order valence-electron chi connectivity index (χ1n) is 11.9. The first-order chi connectivity index (χ1) is 13.2. The summed E-state index contributed by atoms with van der Waals surface area (Å²) in [7, 11) is 0. The smallest absolute Gasteiger partial charge is 0.0759 e. The average Bonchev–Trinajstić information content (AvgIpc) is 3.54. The maximum absolute atomic E-state index is 11.9. The van der Waals surface area contributed by atoms with Crippen LogP contribution >= 0.6 is 0 Å². The summed E-state index contributed by atoms with van der Waals surface area (Å²) in [6.07, 6.45) is 7.91. The maximum Gasteiger partial charge on any atom is 0.0759 e. The van der Waals surface area contributed by atoms with E-state index in [9.17, 15) is 20.4 Å². The van der Waals surface area contributed by atoms with Crippen molar-refractivity contribution >= 4 is 0 Å². The lowest BCUT2D eigenvalue weighted by atomic mass is 9.42. The van der Waals surface area contributed by atoms with Gasteiger partial charge in [0.2, 0.25) is 0 Å². The summed E-state index contributed by atoms with van der Waals surface area (Å²) < 4.78 is 0. The van der Waals surface area contributed by atoms with Crippen molar-refractivity contribution in [2.45, 2.75) is 88.9 Å². The molecular formula is C24H38O4. The fraction of sp³-hybridized carbons (Fsp3) is 1.00. The highest BCUT2D eigenvalue weighted by Crippen LogP contribution is 2.82. The molecule has 0 spiro atoms. The van der Waals surface area contributed by atoms with E-state index in [0.29, 0.717) is 54.3 Å². The lowest BCUT2D eigenvalue weighted by Crippen LogP contribution is -2.65. The molecule has 0 aromatic rings. The lowest BCUT2D eigenvalue weighted by molar-refractivity contribution is -0.237. The zero-order valence-electron chi connectivity index (χ0n) is 17.5. The fourth-order valence-electron chi connectivity index (χ4n) is 10.1. The highest BCUT2D eigenvalue weighted by molar-refractivity contribution is 5.29. The highest BCUT2D eigenvalue weighted by Gasteiger charge is 2.80. The molecular weight excluding hydrogens is 352 g/mol. The van der Waals surface area contributed by atoms with Gasteiger partial charge in [-0.05, 0) is 104 Å². The van der Waals surface area contributed by atoms with Crippen molar-refractivity contribution in [1.29, 1.82) is 0 Å². The van der Waals surface area contributed by atoms with Gasteiger partial charge < -0.3 is 20.4 Å². The van der Waals surface area contributed by atoms with Gasteiger partial charge in [-0.1, -0.05) is 13.8 Å². The topological polar surface area (TPSA) is 80.9 Å². The van der Waals surface area contributed by atoms with Crippen molar-refractivity contribution in [2.75, 3.05) is 6.61 Å². The van der Waals surface area contributed by atoms with Crippen LogP contribution in [0.2, 0.25) is 0 Å². The number of aliphatic hydroxyl groups excluding tert-OH is 2. The van der Waals surface area contributed by atoms with Crippen LogP contribution < -0.4 is 0 Å². The Bertz CT molecular complexity index is 696. The Hall–Kier alpha value is -0.160. The maximum atomic E-state index is 11.9. The second-order valence-corrected chi connectivity index (χ2v) is 12.2. The average molecular weight is 391 g/mol. The second-order valence-electron chi connectivity index (χ2n) is 12.2. The quantitative estimate of drug-likeness (QED) is 0.597. The Balaban J connectivity index is 1.38. The number of aliphatic hydroxyl groups is 4. The Morgan fingerprint density at radius 2 is 1.61 bits per heavy atom. The molecule has 0 radical (unpaired) electrons. The van der Waals surface area contributed by atoms with E-state index >= 15 is 0 Å². The van der Waals surface area contributed by atoms with Crippen molar-refractivity contribution in [3.05, 3.63) is 0 Å². The molecule has 4 nitrogen and oxygen atoms in total. The molecule has 0 aromatic heterocycles. The van der Waals surface area contributed by atoms with Crippen LogP contribution in [-0.4, -0.2) is 44.3 Å². The molecule has 4 heteroatoms. The summed E-state index contributed by atoms with van der Waals surface area (Å²) in [5, 5.41) is 43.4. The zero-order valence-corrected chi connectivity index (χ0v) is 17.5. The van der Waals surface area contributed by atoms with Crippen LogP contribution in [0.15, 0.2) is 0 Å². The Labute approximate surface area is 168 Å². The predicted octanol–water partition coefficient (Wildman–Crippen LogP) is 2.72. The van der Waals surface area contributed by atoms with E-state index in [1.165, 1.54) is 6.42 Å². The van der Waals surface area contributed by atoms with Gasteiger partial charge in [0.05, 0.1) is 17.3 Å². The van der Waals surface area contributed by atoms with E-state index in [2.05, 4.69) is 13.8 Å². The molecule has 6 fully saturated rings. The molecule has 0 aliphatic heterocycles. The minimum absolute atomic E-state index is 0.0238. The van der Waals surface area contributed by atoms with Crippen molar-refractivity contribution in [1.82, 2.24) is 0 Å². The van der Waals surface area contributed by atoms with Crippen molar-refractivity contribution in [2.24, 2.45) is 52.3 Å². The molecule has 28 heavy (non-hydrogen) atoms. The van der Waals surface area contributed by atoms with E-state index in [1.54, 1.807) is 0 Å². The molecule has 6 aliphatic rings. The van der Waals surface area contributed by atoms with Gasteiger partial charge in [-0.3, -0.25) is 0 Å². The SMILES string of the molecule is C[C@]12CCC3C(C1C1C[C@@H]1[C@@]2(O)CCCO)[C@H]1C[C@H]1[C@]1(O)C[C@@H](O)CC[C@]31C. The molecule has 0 amide bonds. The van der Waals surface area contributed by atoms with Crippen LogP contribution in [0.25, 0.3) is 0 Å². The monoisotopic (exact) mass is 390 g/mol. The third-order valence-corrected chi connectivity index (χ3v) is 11.5. The molecule has 0 bridgehead atoms. The number of hydrogen-bond donors (Lipinski definition) is 4. The fourth-order valence-corrected chi connectivity index (χ4v) is 10.1. The normalized spacial score (nSPS) is 66.2. The summed E-state index contributed by atoms with van der Waals surface area (Å²) in [5.74, 6) is 3.82. The van der Waals surface area contributed by atoms with E-state index in [-0.39, 0.29) is 23.5 Å². The molecule has 4 N–H and O–H groups in total. The molecule has 6 saturated carbocycles. The van der Waals surface area contributed by atoms with Gasteiger partial charge in [0.25, 0.3) is 0 Å². The molecule has 0 aromatic carbocycles. The Morgan fingerprint density at radius 1 is 0.893 bits per heavy atom. The van der Waals surface area contributed by atoms with Crippen molar-refractivity contribution in [3.8, 4) is 0 Å². The molecule has 6 rings (SSSR count). The van der Waals surface area contributed by atoms with Crippen LogP contribution in [0.1, 0.15) is 71.6 Å². The molecule has 0 saturated heterocycles. The standard InChI is InChI=1S/C24H38O4/c1-21-7-4-13(26)12-24(21,28)17-10-14(17)19-16(21)5-8-22(2)20(19)15-11-18(15)23(22,27)6-3-9-25/h13-20,25-28H,3-12H2,1-2H3/t13-,14-,15?,16?,17+,18-,19?,20?,21+,22-,23-,24+/m0/s1. The van der Waals surface area contributed by atoms with Gasteiger partial charge in [-0.25, -0.2) is 0 Å². The summed E-state index contributed by atoms with van der Waals surface area (Å²) in [5.41, 5.74) is -1.38. The van der Waals surface area contributed by atoms with Crippen molar-refractivity contribution < 1.29 is 20.4 Å². The second kappa shape index (κ2) is 5.36. The summed E-state index contributed by atoms with van der Waals surface area (Å²) >= 11 is 0. The van der Waals surface area contributed by atoms with Crippen LogP contribution in [0.5, 0.6) is 0 Å². The molecule has 6 aliphatic carbocycles. The van der Waals surface area contributed by atoms with Gasteiger partial charge >= 0.3 is 0 Å². The Morgan fingerprint density at radius 3 is 2.36 bits per heavy atom. The molecule has 0 heterocycles. The number of fused-ring (bicyclic) bond motifs is 10. The summed E-state index contributed by atoms with van der Waals surface area (Å²) in [6, 6.07) is 0. The van der Waals surface area contributed by atoms with Crippen LogP contribution in [0, 0.1) is 52.3 Å². The van der Waals surface area contributed by atoms with Crippen LogP contribution in [0.4, 0.5) is 0 Å². The van der Waals surface area contributed by atoms with Gasteiger partial charge in [-0.15, -0.1) is 0 Å². The lowest BCUT2D eigenvalue weighted by Gasteiger charge is -2.64. The minimum Gasteiger partial charge on any atom is -0.396 e. The van der Waals surface area contributed by atoms with E-state index in [4.69, 9.17) is 0 Å². The highest BCUT2D eigenvalue weighted by atomic mass is 16.3. The van der Waals surface area contributed by atoms with Gasteiger partial charge in [-0.2, -0.15) is 0 Å². The largest absolute Gasteiger partial charge is 0.396 e. The molecule has 12 atom stereocenters. The number of rotatable bonds is 3. The van der Waals surface area contributed by atoms with E-state index in [0.717, 1.165) is 38.5 Å². The van der Waals surface area contributed by atoms with E-state index in [1.807, 2.05) is 0 Å². The van der Waals surface area contributed by atoms with Crippen molar-refractivity contribution in [3.63, 3.8) is 0 Å². The summed E-state index contributed by atoms with van der Waals surface area (Å²) in [6.45, 7) is 4.87. The van der Waals surface area contributed by atoms with Crippen LogP contribution in [-0.2, 0) is 0 Å². The first-order valence-corrected chi connectivity index (χ1v) is 11.9. The first kappa shape index (κ1) is 18.6. The van der Waals surface area contributed by atoms with Gasteiger partial charge in [0, 0.05) is 13.0 Å². The Kier molecular flexibility index (Phi) is 3.56. The number of hydrogen-bond acceptors (Lipinski definition) is 4. The van der Waals surface area contributed by atoms with Crippen LogP contribution in [0.3, 0.4) is 0 Å². The van der Waals surface area contributed by atoms with Gasteiger partial charge in [0.15, 0.2) is 0 Å². The zero-order chi connectivity index (χ0) is 19.7. The molecule has 158 valence electrons. The predicted molar refractivity (Wildman–Crippen MR) is 105 cm³/mol. The minimum atomic E-state index is -0.682. The third-order valence-electron chi connectivity index (χ3n) is 11.5. The third kappa shape index (κ3) is 1.89. The van der Waals surface area contributed by atoms with E-state index < -0.39 is 11.2 Å². The van der Waals surface area contributed by atoms with Gasteiger partial charge in [0.1, 0.15) is 0 Å². The molecule has 4 unspecified atom stereocenters.